The van der Waals surface area contributed by atoms with Gasteiger partial charge in [0.15, 0.2) is 0 Å². The van der Waals surface area contributed by atoms with E-state index >= 15 is 0 Å². The minimum Gasteiger partial charge on any atom is -0.395 e. The topological polar surface area (TPSA) is 23.5 Å². The van der Waals surface area contributed by atoms with E-state index in [9.17, 15) is 0 Å². The summed E-state index contributed by atoms with van der Waals surface area (Å²) in [7, 11) is 0. The van der Waals surface area contributed by atoms with Gasteiger partial charge in [0.05, 0.1) is 6.61 Å². The molecule has 0 aliphatic heterocycles. The van der Waals surface area contributed by atoms with Crippen molar-refractivity contribution < 1.29 is 5.11 Å². The smallest absolute Gasteiger partial charge is 0.0558 e. The monoisotopic (exact) mass is 267 g/mol. The van der Waals surface area contributed by atoms with Crippen molar-refractivity contribution in [2.24, 2.45) is 0 Å². The SMILES string of the molecule is CCC(CC)N(CCO)CCSc1ccccc1. The minimum absolute atomic E-state index is 0.256. The second-order valence-electron chi connectivity index (χ2n) is 4.39. The van der Waals surface area contributed by atoms with E-state index in [1.165, 1.54) is 4.90 Å². The van der Waals surface area contributed by atoms with Gasteiger partial charge in [-0.2, -0.15) is 0 Å². The molecule has 1 N–H and O–H groups in total. The summed E-state index contributed by atoms with van der Waals surface area (Å²) in [6.45, 7) is 6.55. The molecular weight excluding hydrogens is 242 g/mol. The summed E-state index contributed by atoms with van der Waals surface area (Å²) in [5.74, 6) is 1.08. The zero-order chi connectivity index (χ0) is 13.2. The van der Waals surface area contributed by atoms with Crippen LogP contribution in [-0.2, 0) is 0 Å². The van der Waals surface area contributed by atoms with Crippen molar-refractivity contribution in [1.82, 2.24) is 4.90 Å². The maximum Gasteiger partial charge on any atom is 0.0558 e. The molecule has 1 aromatic carbocycles. The Morgan fingerprint density at radius 1 is 1.11 bits per heavy atom. The normalized spacial score (nSPS) is 11.4. The molecule has 2 nitrogen and oxygen atoms in total. The number of rotatable bonds is 9. The van der Waals surface area contributed by atoms with Gasteiger partial charge in [0.1, 0.15) is 0 Å². The molecule has 3 heteroatoms. The first-order valence-electron chi connectivity index (χ1n) is 6.84. The Morgan fingerprint density at radius 2 is 1.78 bits per heavy atom. The Balaban J connectivity index is 2.37. The molecule has 0 heterocycles. The Labute approximate surface area is 115 Å². The lowest BCUT2D eigenvalue weighted by atomic mass is 10.1. The molecule has 0 aliphatic rings. The molecule has 0 saturated carbocycles. The van der Waals surface area contributed by atoms with E-state index < -0.39 is 0 Å². The number of hydrogen-bond acceptors (Lipinski definition) is 3. The van der Waals surface area contributed by atoms with E-state index in [0.717, 1.165) is 31.7 Å². The van der Waals surface area contributed by atoms with Crippen LogP contribution in [0.3, 0.4) is 0 Å². The van der Waals surface area contributed by atoms with Crippen molar-refractivity contribution in [3.05, 3.63) is 30.3 Å². The molecule has 0 amide bonds. The molecule has 1 rings (SSSR count). The lowest BCUT2D eigenvalue weighted by molar-refractivity contribution is 0.151. The van der Waals surface area contributed by atoms with Gasteiger partial charge in [-0.15, -0.1) is 11.8 Å². The number of thioether (sulfide) groups is 1. The van der Waals surface area contributed by atoms with Gasteiger partial charge in [0.25, 0.3) is 0 Å². The van der Waals surface area contributed by atoms with Crippen molar-refractivity contribution in [2.45, 2.75) is 37.6 Å². The van der Waals surface area contributed by atoms with E-state index in [-0.39, 0.29) is 6.61 Å². The summed E-state index contributed by atoms with van der Waals surface area (Å²) in [4.78, 5) is 3.74. The average Bonchev–Trinajstić information content (AvgIpc) is 2.41. The third-order valence-corrected chi connectivity index (χ3v) is 4.23. The average molecular weight is 267 g/mol. The highest BCUT2D eigenvalue weighted by Crippen LogP contribution is 2.18. The van der Waals surface area contributed by atoms with Gasteiger partial charge < -0.3 is 5.11 Å². The number of hydrogen-bond donors (Lipinski definition) is 1. The van der Waals surface area contributed by atoms with Crippen LogP contribution in [0.1, 0.15) is 26.7 Å². The largest absolute Gasteiger partial charge is 0.395 e. The highest BCUT2D eigenvalue weighted by Gasteiger charge is 2.13. The van der Waals surface area contributed by atoms with Crippen LogP contribution >= 0.6 is 11.8 Å². The molecule has 1 aromatic rings. The molecular formula is C15H25NOS. The molecule has 0 aliphatic carbocycles. The van der Waals surface area contributed by atoms with Crippen molar-refractivity contribution in [3.63, 3.8) is 0 Å². The number of benzene rings is 1. The van der Waals surface area contributed by atoms with Gasteiger partial charge in [-0.05, 0) is 25.0 Å². The Kier molecular flexibility index (Phi) is 8.14. The predicted molar refractivity (Wildman–Crippen MR) is 80.2 cm³/mol. The summed E-state index contributed by atoms with van der Waals surface area (Å²) in [5.41, 5.74) is 0. The second-order valence-corrected chi connectivity index (χ2v) is 5.56. The van der Waals surface area contributed by atoms with Gasteiger partial charge in [0, 0.05) is 29.8 Å². The summed E-state index contributed by atoms with van der Waals surface area (Å²) in [5, 5.41) is 9.14. The second kappa shape index (κ2) is 9.42. The van der Waals surface area contributed by atoms with Crippen LogP contribution < -0.4 is 0 Å². The number of aliphatic hydroxyl groups is 1. The molecule has 0 saturated heterocycles. The molecule has 0 fully saturated rings. The van der Waals surface area contributed by atoms with E-state index in [4.69, 9.17) is 5.11 Å². The third kappa shape index (κ3) is 5.42. The van der Waals surface area contributed by atoms with Crippen LogP contribution in [0.4, 0.5) is 0 Å². The van der Waals surface area contributed by atoms with Crippen LogP contribution in [0.2, 0.25) is 0 Å². The van der Waals surface area contributed by atoms with Gasteiger partial charge in [-0.3, -0.25) is 4.90 Å². The maximum atomic E-state index is 9.14. The van der Waals surface area contributed by atoms with E-state index in [0.29, 0.717) is 6.04 Å². The maximum absolute atomic E-state index is 9.14. The fourth-order valence-corrected chi connectivity index (χ4v) is 3.12. The van der Waals surface area contributed by atoms with Crippen molar-refractivity contribution >= 4 is 11.8 Å². The van der Waals surface area contributed by atoms with Gasteiger partial charge in [0.2, 0.25) is 0 Å². The number of aliphatic hydroxyl groups excluding tert-OH is 1. The first-order chi connectivity index (χ1) is 8.81. The fourth-order valence-electron chi connectivity index (χ4n) is 2.21. The van der Waals surface area contributed by atoms with E-state index in [1.54, 1.807) is 0 Å². The molecule has 0 aromatic heterocycles. The van der Waals surface area contributed by atoms with Crippen LogP contribution in [0.25, 0.3) is 0 Å². The van der Waals surface area contributed by atoms with Gasteiger partial charge in [-0.1, -0.05) is 32.0 Å². The highest BCUT2D eigenvalue weighted by atomic mass is 32.2. The van der Waals surface area contributed by atoms with Crippen LogP contribution in [0.15, 0.2) is 35.2 Å². The van der Waals surface area contributed by atoms with E-state index in [1.807, 2.05) is 17.8 Å². The standard InChI is InChI=1S/C15H25NOS/c1-3-14(4-2)16(10-12-17)11-13-18-15-8-6-5-7-9-15/h5-9,14,17H,3-4,10-13H2,1-2H3. The molecule has 102 valence electrons. The first-order valence-corrected chi connectivity index (χ1v) is 7.83. The Hall–Kier alpha value is -0.510. The highest BCUT2D eigenvalue weighted by molar-refractivity contribution is 7.99. The lowest BCUT2D eigenvalue weighted by Gasteiger charge is -2.29. The summed E-state index contributed by atoms with van der Waals surface area (Å²) < 4.78 is 0. The quantitative estimate of drug-likeness (QED) is 0.695. The third-order valence-electron chi connectivity index (χ3n) is 3.24. The van der Waals surface area contributed by atoms with E-state index in [2.05, 4.69) is 43.0 Å². The van der Waals surface area contributed by atoms with Crippen LogP contribution in [0.5, 0.6) is 0 Å². The summed E-state index contributed by atoms with van der Waals surface area (Å²) in [6, 6.07) is 11.1. The minimum atomic E-state index is 0.256. The molecule has 0 spiro atoms. The lowest BCUT2D eigenvalue weighted by Crippen LogP contribution is -2.38. The van der Waals surface area contributed by atoms with Crippen molar-refractivity contribution in [3.8, 4) is 0 Å². The summed E-state index contributed by atoms with van der Waals surface area (Å²) in [6.07, 6.45) is 2.32. The van der Waals surface area contributed by atoms with Gasteiger partial charge >= 0.3 is 0 Å². The zero-order valence-electron chi connectivity index (χ0n) is 11.5. The molecule has 0 atom stereocenters. The predicted octanol–water partition coefficient (Wildman–Crippen LogP) is 3.26. The summed E-state index contributed by atoms with van der Waals surface area (Å²) >= 11 is 1.89. The van der Waals surface area contributed by atoms with Crippen LogP contribution in [0, 0.1) is 0 Å². The molecule has 18 heavy (non-hydrogen) atoms. The van der Waals surface area contributed by atoms with Crippen molar-refractivity contribution in [1.29, 1.82) is 0 Å². The first kappa shape index (κ1) is 15.5. The Morgan fingerprint density at radius 3 is 2.33 bits per heavy atom. The molecule has 0 unspecified atom stereocenters. The zero-order valence-corrected chi connectivity index (χ0v) is 12.3. The fraction of sp³-hybridized carbons (Fsp3) is 0.600. The van der Waals surface area contributed by atoms with Crippen molar-refractivity contribution in [2.75, 3.05) is 25.4 Å². The van der Waals surface area contributed by atoms with Crippen LogP contribution in [-0.4, -0.2) is 41.5 Å². The molecule has 0 bridgehead atoms. The Bertz CT molecular complexity index is 301. The van der Waals surface area contributed by atoms with Gasteiger partial charge in [-0.25, -0.2) is 0 Å². The molecule has 0 radical (unpaired) electrons. The number of nitrogens with zero attached hydrogens (tertiary/aromatic N) is 1.